The Morgan fingerprint density at radius 3 is 1.15 bits per heavy atom. The zero-order valence-corrected chi connectivity index (χ0v) is 13.0. The van der Waals surface area contributed by atoms with Crippen LogP contribution in [0.5, 0.6) is 46.0 Å². The average Bonchev–Trinajstić information content (AvgIpc) is 2.55. The number of hydrogen-bond donors (Lipinski definition) is 6. The molecular weight excluding hydrogens is 352 g/mol. The van der Waals surface area contributed by atoms with Gasteiger partial charge in [-0.15, -0.1) is 0 Å². The molecule has 0 radical (unpaired) electrons. The number of esters is 2. The molecule has 0 unspecified atom stereocenters. The minimum atomic E-state index is -0.886. The third-order valence-electron chi connectivity index (χ3n) is 3.08. The maximum Gasteiger partial charge on any atom is 0.311 e. The van der Waals surface area contributed by atoms with Gasteiger partial charge in [0, 0.05) is 24.3 Å². The van der Waals surface area contributed by atoms with E-state index in [1.165, 1.54) is 0 Å². The van der Waals surface area contributed by atoms with E-state index in [2.05, 4.69) is 0 Å². The molecule has 0 heterocycles. The van der Waals surface area contributed by atoms with Crippen molar-refractivity contribution in [3.05, 3.63) is 24.3 Å². The third-order valence-corrected chi connectivity index (χ3v) is 3.08. The van der Waals surface area contributed by atoms with E-state index in [-0.39, 0.29) is 11.5 Å². The Kier molecular flexibility index (Phi) is 5.26. The molecule has 0 saturated carbocycles. The van der Waals surface area contributed by atoms with E-state index in [9.17, 15) is 40.2 Å². The molecule has 2 aromatic carbocycles. The first-order valence-corrected chi connectivity index (χ1v) is 7.08. The Hall–Kier alpha value is -3.82. The van der Waals surface area contributed by atoms with E-state index < -0.39 is 59.3 Å². The highest BCUT2D eigenvalue weighted by atomic mass is 16.5. The molecule has 138 valence electrons. The van der Waals surface area contributed by atoms with Crippen LogP contribution in [0, 0.1) is 0 Å². The monoisotopic (exact) mass is 366 g/mol. The van der Waals surface area contributed by atoms with Crippen LogP contribution in [-0.4, -0.2) is 42.6 Å². The predicted molar refractivity (Wildman–Crippen MR) is 83.4 cm³/mol. The first-order valence-electron chi connectivity index (χ1n) is 7.08. The number of phenols is 6. The average molecular weight is 366 g/mol. The number of rotatable bonds is 5. The zero-order chi connectivity index (χ0) is 19.4. The smallest absolute Gasteiger partial charge is 0.311 e. The van der Waals surface area contributed by atoms with Gasteiger partial charge in [0.15, 0.2) is 23.0 Å². The summed E-state index contributed by atoms with van der Waals surface area (Å²) in [6.45, 7) is 0. The van der Waals surface area contributed by atoms with Gasteiger partial charge in [-0.05, 0) is 0 Å². The van der Waals surface area contributed by atoms with Crippen molar-refractivity contribution in [1.82, 2.24) is 0 Å². The normalized spacial score (nSPS) is 10.3. The molecule has 10 nitrogen and oxygen atoms in total. The molecule has 0 saturated heterocycles. The van der Waals surface area contributed by atoms with Gasteiger partial charge in [0.05, 0.1) is 12.8 Å². The van der Waals surface area contributed by atoms with E-state index in [4.69, 9.17) is 9.47 Å². The van der Waals surface area contributed by atoms with Crippen LogP contribution in [0.4, 0.5) is 0 Å². The van der Waals surface area contributed by atoms with Gasteiger partial charge in [-0.25, -0.2) is 0 Å². The molecule has 0 aliphatic carbocycles. The molecule has 0 aliphatic heterocycles. The number of carbonyl (C=O) groups excluding carboxylic acids is 2. The number of phenolic OH excluding ortho intramolecular Hbond substituents is 6. The summed E-state index contributed by atoms with van der Waals surface area (Å²) in [7, 11) is 0. The second-order valence-electron chi connectivity index (χ2n) is 5.07. The maximum atomic E-state index is 11.7. The van der Waals surface area contributed by atoms with Crippen molar-refractivity contribution < 1.29 is 49.7 Å². The molecule has 0 fully saturated rings. The van der Waals surface area contributed by atoms with E-state index in [1.54, 1.807) is 0 Å². The highest BCUT2D eigenvalue weighted by Gasteiger charge is 2.16. The lowest BCUT2D eigenvalue weighted by Gasteiger charge is -2.08. The van der Waals surface area contributed by atoms with Gasteiger partial charge in [-0.2, -0.15) is 0 Å². The van der Waals surface area contributed by atoms with Gasteiger partial charge in [-0.1, -0.05) is 0 Å². The van der Waals surface area contributed by atoms with Crippen LogP contribution < -0.4 is 9.47 Å². The first kappa shape index (κ1) is 18.5. The summed E-state index contributed by atoms with van der Waals surface area (Å²) in [5.41, 5.74) is 0. The SMILES string of the molecule is O=C(CCC(=O)Oc1cc(O)c(O)c(O)c1)Oc1cc(O)c(O)c(O)c1. The summed E-state index contributed by atoms with van der Waals surface area (Å²) in [6, 6.07) is 3.58. The molecule has 10 heteroatoms. The Morgan fingerprint density at radius 2 is 0.885 bits per heavy atom. The molecule has 0 bridgehead atoms. The van der Waals surface area contributed by atoms with Crippen molar-refractivity contribution >= 4 is 11.9 Å². The number of hydrogen-bond acceptors (Lipinski definition) is 10. The summed E-state index contributed by atoms with van der Waals surface area (Å²) in [5, 5.41) is 55.6. The van der Waals surface area contributed by atoms with Crippen LogP contribution in [0.15, 0.2) is 24.3 Å². The molecule has 0 amide bonds. The summed E-state index contributed by atoms with van der Waals surface area (Å²) < 4.78 is 9.59. The number of aromatic hydroxyl groups is 6. The summed E-state index contributed by atoms with van der Waals surface area (Å²) in [5.74, 6) is -6.58. The summed E-state index contributed by atoms with van der Waals surface area (Å²) in [4.78, 5) is 23.3. The lowest BCUT2D eigenvalue weighted by molar-refractivity contribution is -0.140. The van der Waals surface area contributed by atoms with E-state index in [0.29, 0.717) is 0 Å². The number of ether oxygens (including phenoxy) is 2. The molecule has 0 spiro atoms. The van der Waals surface area contributed by atoms with Crippen molar-refractivity contribution in [1.29, 1.82) is 0 Å². The molecule has 0 aliphatic rings. The fourth-order valence-corrected chi connectivity index (χ4v) is 1.85. The van der Waals surface area contributed by atoms with E-state index in [1.807, 2.05) is 0 Å². The molecule has 2 rings (SSSR count). The van der Waals surface area contributed by atoms with Gasteiger partial charge in [0.25, 0.3) is 0 Å². The number of benzene rings is 2. The lowest BCUT2D eigenvalue weighted by Crippen LogP contribution is -2.14. The van der Waals surface area contributed by atoms with Crippen molar-refractivity contribution in [3.8, 4) is 46.0 Å². The summed E-state index contributed by atoms with van der Waals surface area (Å²) >= 11 is 0. The topological polar surface area (TPSA) is 174 Å². The standard InChI is InChI=1S/C16H14O10/c17-9-3-7(4-10(18)15(9)23)25-13(21)1-2-14(22)26-8-5-11(19)16(24)12(20)6-8/h3-6,17-20,23-24H,1-2H2. The fourth-order valence-electron chi connectivity index (χ4n) is 1.85. The maximum absolute atomic E-state index is 11.7. The van der Waals surface area contributed by atoms with Gasteiger partial charge in [0.2, 0.25) is 11.5 Å². The van der Waals surface area contributed by atoms with E-state index >= 15 is 0 Å². The van der Waals surface area contributed by atoms with Crippen molar-refractivity contribution in [3.63, 3.8) is 0 Å². The largest absolute Gasteiger partial charge is 0.504 e. The van der Waals surface area contributed by atoms with Crippen LogP contribution in [0.1, 0.15) is 12.8 Å². The first-order chi connectivity index (χ1) is 12.2. The van der Waals surface area contributed by atoms with Crippen LogP contribution >= 0.6 is 0 Å². The van der Waals surface area contributed by atoms with Gasteiger partial charge < -0.3 is 40.1 Å². The minimum Gasteiger partial charge on any atom is -0.504 e. The Labute approximate surface area is 145 Å². The van der Waals surface area contributed by atoms with Crippen molar-refractivity contribution in [2.45, 2.75) is 12.8 Å². The van der Waals surface area contributed by atoms with Crippen LogP contribution in [0.25, 0.3) is 0 Å². The summed E-state index contributed by atoms with van der Waals surface area (Å²) in [6.07, 6.45) is -0.839. The second-order valence-corrected chi connectivity index (χ2v) is 5.07. The van der Waals surface area contributed by atoms with Crippen LogP contribution in [-0.2, 0) is 9.59 Å². The Balaban J connectivity index is 1.90. The molecule has 0 aromatic heterocycles. The zero-order valence-electron chi connectivity index (χ0n) is 13.0. The second kappa shape index (κ2) is 7.38. The van der Waals surface area contributed by atoms with Crippen LogP contribution in [0.2, 0.25) is 0 Å². The lowest BCUT2D eigenvalue weighted by atomic mass is 10.2. The number of carbonyl (C=O) groups is 2. The molecule has 2 aromatic rings. The fraction of sp³-hybridized carbons (Fsp3) is 0.125. The third kappa shape index (κ3) is 4.38. The molecular formula is C16H14O10. The minimum absolute atomic E-state index is 0.246. The van der Waals surface area contributed by atoms with Gasteiger partial charge in [-0.3, -0.25) is 9.59 Å². The Morgan fingerprint density at radius 1 is 0.615 bits per heavy atom. The Bertz CT molecular complexity index is 741. The highest BCUT2D eigenvalue weighted by Crippen LogP contribution is 2.39. The van der Waals surface area contributed by atoms with E-state index in [0.717, 1.165) is 24.3 Å². The van der Waals surface area contributed by atoms with Crippen molar-refractivity contribution in [2.75, 3.05) is 0 Å². The quantitative estimate of drug-likeness (QED) is 0.256. The molecule has 26 heavy (non-hydrogen) atoms. The van der Waals surface area contributed by atoms with Crippen LogP contribution in [0.3, 0.4) is 0 Å². The molecule has 6 N–H and O–H groups in total. The van der Waals surface area contributed by atoms with Gasteiger partial charge >= 0.3 is 11.9 Å². The van der Waals surface area contributed by atoms with Crippen molar-refractivity contribution in [2.24, 2.45) is 0 Å². The molecule has 0 atom stereocenters. The van der Waals surface area contributed by atoms with Gasteiger partial charge in [0.1, 0.15) is 11.5 Å². The predicted octanol–water partition coefficient (Wildman–Crippen LogP) is 1.21. The highest BCUT2D eigenvalue weighted by molar-refractivity contribution is 5.80.